The van der Waals surface area contributed by atoms with Gasteiger partial charge in [0.05, 0.1) is 0 Å². The summed E-state index contributed by atoms with van der Waals surface area (Å²) in [6.07, 6.45) is 0. The zero-order valence-electron chi connectivity index (χ0n) is 10.4. The van der Waals surface area contributed by atoms with Crippen LogP contribution in [0.2, 0.25) is 0 Å². The molecule has 2 rings (SSSR count). The Bertz CT molecular complexity index is 569. The van der Waals surface area contributed by atoms with E-state index in [2.05, 4.69) is 15.3 Å². The van der Waals surface area contributed by atoms with Gasteiger partial charge in [-0.3, -0.25) is 0 Å². The topological polar surface area (TPSA) is 63.8 Å². The van der Waals surface area contributed by atoms with Crippen molar-refractivity contribution >= 4 is 11.6 Å². The lowest BCUT2D eigenvalue weighted by molar-refractivity contribution is 0.626. The van der Waals surface area contributed by atoms with Gasteiger partial charge in [0.15, 0.2) is 0 Å². The predicted octanol–water partition coefficient (Wildman–Crippen LogP) is 2.43. The number of halogens is 1. The zero-order valence-corrected chi connectivity index (χ0v) is 10.4. The highest BCUT2D eigenvalue weighted by molar-refractivity contribution is 5.54. The van der Waals surface area contributed by atoms with Gasteiger partial charge in [-0.2, -0.15) is 0 Å². The van der Waals surface area contributed by atoms with Crippen LogP contribution in [-0.2, 0) is 6.54 Å². The Morgan fingerprint density at radius 2 is 2.06 bits per heavy atom. The normalized spacial score (nSPS) is 10.4. The minimum absolute atomic E-state index is 0.246. The SMILES string of the molecule is Cc1nc(N)c(C)c(NCc2cccc(F)c2)n1. The molecule has 2 aromatic rings. The number of rotatable bonds is 3. The number of aromatic nitrogens is 2. The number of nitrogens with two attached hydrogens (primary N) is 1. The Morgan fingerprint density at radius 1 is 1.28 bits per heavy atom. The van der Waals surface area contributed by atoms with Gasteiger partial charge in [-0.1, -0.05) is 12.1 Å². The highest BCUT2D eigenvalue weighted by Gasteiger charge is 2.06. The number of hydrogen-bond donors (Lipinski definition) is 2. The summed E-state index contributed by atoms with van der Waals surface area (Å²) in [4.78, 5) is 8.34. The summed E-state index contributed by atoms with van der Waals surface area (Å²) in [5.74, 6) is 1.51. The van der Waals surface area contributed by atoms with Gasteiger partial charge in [-0.05, 0) is 31.5 Å². The molecule has 5 heteroatoms. The summed E-state index contributed by atoms with van der Waals surface area (Å²) in [7, 11) is 0. The summed E-state index contributed by atoms with van der Waals surface area (Å²) in [6.45, 7) is 4.13. The standard InChI is InChI=1S/C13H15FN4/c1-8-12(15)17-9(2)18-13(8)16-7-10-4-3-5-11(14)6-10/h3-6H,7H2,1-2H3,(H3,15,16,17,18). The van der Waals surface area contributed by atoms with Crippen molar-refractivity contribution in [3.05, 3.63) is 47.0 Å². The van der Waals surface area contributed by atoms with Gasteiger partial charge in [-0.25, -0.2) is 14.4 Å². The first-order chi connectivity index (χ1) is 8.56. The molecule has 0 saturated heterocycles. The Kier molecular flexibility index (Phi) is 3.41. The van der Waals surface area contributed by atoms with Crippen molar-refractivity contribution in [3.63, 3.8) is 0 Å². The van der Waals surface area contributed by atoms with E-state index < -0.39 is 0 Å². The number of benzene rings is 1. The molecular formula is C13H15FN4. The second-order valence-corrected chi connectivity index (χ2v) is 4.11. The molecule has 0 aliphatic rings. The fourth-order valence-corrected chi connectivity index (χ4v) is 1.65. The first kappa shape index (κ1) is 12.3. The predicted molar refractivity (Wildman–Crippen MR) is 69.6 cm³/mol. The maximum absolute atomic E-state index is 13.0. The summed E-state index contributed by atoms with van der Waals surface area (Å²) >= 11 is 0. The smallest absolute Gasteiger partial charge is 0.135 e. The summed E-state index contributed by atoms with van der Waals surface area (Å²) < 4.78 is 13.0. The second-order valence-electron chi connectivity index (χ2n) is 4.11. The fraction of sp³-hybridized carbons (Fsp3) is 0.231. The maximum atomic E-state index is 13.0. The third-order valence-electron chi connectivity index (χ3n) is 2.64. The van der Waals surface area contributed by atoms with E-state index in [0.717, 1.165) is 11.1 Å². The summed E-state index contributed by atoms with van der Waals surface area (Å²) in [6, 6.07) is 6.43. The third-order valence-corrected chi connectivity index (χ3v) is 2.64. The zero-order chi connectivity index (χ0) is 13.1. The second kappa shape index (κ2) is 5.00. The molecule has 1 heterocycles. The Balaban J connectivity index is 2.15. The lowest BCUT2D eigenvalue weighted by Crippen LogP contribution is -2.08. The van der Waals surface area contributed by atoms with Gasteiger partial charge in [-0.15, -0.1) is 0 Å². The van der Waals surface area contributed by atoms with E-state index >= 15 is 0 Å². The lowest BCUT2D eigenvalue weighted by atomic mass is 10.2. The van der Waals surface area contributed by atoms with Crippen LogP contribution in [0.3, 0.4) is 0 Å². The number of aryl methyl sites for hydroxylation is 1. The fourth-order valence-electron chi connectivity index (χ4n) is 1.65. The number of nitrogens with one attached hydrogen (secondary N) is 1. The van der Waals surface area contributed by atoms with Crippen molar-refractivity contribution in [1.29, 1.82) is 0 Å². The molecule has 0 radical (unpaired) electrons. The van der Waals surface area contributed by atoms with Crippen LogP contribution >= 0.6 is 0 Å². The van der Waals surface area contributed by atoms with E-state index in [4.69, 9.17) is 5.73 Å². The minimum atomic E-state index is -0.246. The molecule has 0 aliphatic heterocycles. The van der Waals surface area contributed by atoms with Crippen molar-refractivity contribution in [1.82, 2.24) is 9.97 Å². The van der Waals surface area contributed by atoms with Gasteiger partial charge >= 0.3 is 0 Å². The molecule has 0 fully saturated rings. The summed E-state index contributed by atoms with van der Waals surface area (Å²) in [5.41, 5.74) is 7.42. The van der Waals surface area contributed by atoms with E-state index in [1.54, 1.807) is 13.0 Å². The van der Waals surface area contributed by atoms with Gasteiger partial charge in [0.2, 0.25) is 0 Å². The molecule has 94 valence electrons. The van der Waals surface area contributed by atoms with E-state index in [0.29, 0.717) is 24.0 Å². The molecular weight excluding hydrogens is 231 g/mol. The van der Waals surface area contributed by atoms with Crippen molar-refractivity contribution in [2.45, 2.75) is 20.4 Å². The maximum Gasteiger partial charge on any atom is 0.135 e. The average molecular weight is 246 g/mol. The van der Waals surface area contributed by atoms with E-state index in [9.17, 15) is 4.39 Å². The van der Waals surface area contributed by atoms with Crippen LogP contribution in [0.1, 0.15) is 17.0 Å². The van der Waals surface area contributed by atoms with Crippen molar-refractivity contribution < 1.29 is 4.39 Å². The molecule has 0 bridgehead atoms. The molecule has 0 saturated carbocycles. The van der Waals surface area contributed by atoms with E-state index in [-0.39, 0.29) is 5.82 Å². The molecule has 0 amide bonds. The van der Waals surface area contributed by atoms with E-state index in [1.807, 2.05) is 13.0 Å². The molecule has 18 heavy (non-hydrogen) atoms. The van der Waals surface area contributed by atoms with Crippen molar-refractivity contribution in [3.8, 4) is 0 Å². The highest BCUT2D eigenvalue weighted by atomic mass is 19.1. The number of nitrogens with zero attached hydrogens (tertiary/aromatic N) is 2. The molecule has 1 aromatic heterocycles. The van der Waals surface area contributed by atoms with Crippen LogP contribution in [0.25, 0.3) is 0 Å². The van der Waals surface area contributed by atoms with Crippen LogP contribution < -0.4 is 11.1 Å². The van der Waals surface area contributed by atoms with Gasteiger partial charge < -0.3 is 11.1 Å². The summed E-state index contributed by atoms with van der Waals surface area (Å²) in [5, 5.41) is 3.14. The van der Waals surface area contributed by atoms with Gasteiger partial charge in [0.1, 0.15) is 23.3 Å². The van der Waals surface area contributed by atoms with Gasteiger partial charge in [0.25, 0.3) is 0 Å². The van der Waals surface area contributed by atoms with Crippen LogP contribution in [0.15, 0.2) is 24.3 Å². The monoisotopic (exact) mass is 246 g/mol. The first-order valence-electron chi connectivity index (χ1n) is 5.65. The molecule has 3 N–H and O–H groups in total. The molecule has 0 unspecified atom stereocenters. The van der Waals surface area contributed by atoms with Crippen LogP contribution in [0.5, 0.6) is 0 Å². The number of hydrogen-bond acceptors (Lipinski definition) is 4. The Morgan fingerprint density at radius 3 is 2.78 bits per heavy atom. The van der Waals surface area contributed by atoms with Crippen LogP contribution in [-0.4, -0.2) is 9.97 Å². The minimum Gasteiger partial charge on any atom is -0.383 e. The average Bonchev–Trinajstić information content (AvgIpc) is 2.32. The number of nitrogen functional groups attached to an aromatic ring is 1. The third kappa shape index (κ3) is 2.74. The molecule has 4 nitrogen and oxygen atoms in total. The molecule has 0 aliphatic carbocycles. The molecule has 0 atom stereocenters. The molecule has 1 aromatic carbocycles. The Hall–Kier alpha value is -2.17. The van der Waals surface area contributed by atoms with Crippen LogP contribution in [0, 0.1) is 19.7 Å². The largest absolute Gasteiger partial charge is 0.383 e. The quantitative estimate of drug-likeness (QED) is 0.873. The van der Waals surface area contributed by atoms with Crippen LogP contribution in [0.4, 0.5) is 16.0 Å². The first-order valence-corrected chi connectivity index (χ1v) is 5.65. The number of anilines is 2. The Labute approximate surface area is 105 Å². The lowest BCUT2D eigenvalue weighted by Gasteiger charge is -2.10. The van der Waals surface area contributed by atoms with Gasteiger partial charge in [0, 0.05) is 12.1 Å². The van der Waals surface area contributed by atoms with Crippen molar-refractivity contribution in [2.75, 3.05) is 11.1 Å². The van der Waals surface area contributed by atoms with E-state index in [1.165, 1.54) is 12.1 Å². The molecule has 0 spiro atoms. The highest BCUT2D eigenvalue weighted by Crippen LogP contribution is 2.17. The van der Waals surface area contributed by atoms with Crippen molar-refractivity contribution in [2.24, 2.45) is 0 Å².